The van der Waals surface area contributed by atoms with Crippen molar-refractivity contribution in [3.05, 3.63) is 41.5 Å². The summed E-state index contributed by atoms with van der Waals surface area (Å²) in [5.74, 6) is 2.04. The molecule has 0 amide bonds. The molecule has 0 aromatic heterocycles. The highest BCUT2D eigenvalue weighted by molar-refractivity contribution is 5.36. The van der Waals surface area contributed by atoms with Crippen LogP contribution in [0.25, 0.3) is 0 Å². The Kier molecular flexibility index (Phi) is 2.90. The van der Waals surface area contributed by atoms with Crippen molar-refractivity contribution in [2.75, 3.05) is 6.61 Å². The molecule has 3 rings (SSSR count). The summed E-state index contributed by atoms with van der Waals surface area (Å²) in [6, 6.07) is 7.55. The molecule has 1 aliphatic heterocycles. The van der Waals surface area contributed by atoms with Crippen LogP contribution in [-0.4, -0.2) is 11.7 Å². The van der Waals surface area contributed by atoms with Crippen molar-refractivity contribution in [1.29, 1.82) is 0 Å². The van der Waals surface area contributed by atoms with E-state index in [4.69, 9.17) is 4.74 Å². The fourth-order valence-electron chi connectivity index (χ4n) is 3.36. The smallest absolute Gasteiger partial charge is 0.121 e. The molecule has 2 aliphatic rings. The van der Waals surface area contributed by atoms with Crippen LogP contribution in [0, 0.1) is 17.8 Å². The number of fused-ring (bicyclic) bond motifs is 2. The highest BCUT2D eigenvalue weighted by Gasteiger charge is 2.38. The van der Waals surface area contributed by atoms with Crippen LogP contribution in [-0.2, 0) is 4.74 Å². The molecule has 1 N–H and O–H groups in total. The Labute approximate surface area is 108 Å². The Hall–Kier alpha value is -1.28. The van der Waals surface area contributed by atoms with Gasteiger partial charge in [0.15, 0.2) is 0 Å². The van der Waals surface area contributed by atoms with Crippen LogP contribution in [0.2, 0.25) is 0 Å². The average molecular weight is 244 g/mol. The lowest BCUT2D eigenvalue weighted by molar-refractivity contribution is -0.0627. The largest absolute Gasteiger partial charge is 0.508 e. The highest BCUT2D eigenvalue weighted by atomic mass is 16.5. The van der Waals surface area contributed by atoms with Crippen molar-refractivity contribution in [3.8, 4) is 5.75 Å². The molecule has 1 heterocycles. The maximum Gasteiger partial charge on any atom is 0.121 e. The van der Waals surface area contributed by atoms with E-state index in [0.717, 1.165) is 12.2 Å². The molecule has 18 heavy (non-hydrogen) atoms. The van der Waals surface area contributed by atoms with Gasteiger partial charge >= 0.3 is 0 Å². The van der Waals surface area contributed by atoms with Gasteiger partial charge in [-0.15, -0.1) is 0 Å². The molecule has 1 saturated heterocycles. The first-order valence-electron chi connectivity index (χ1n) is 6.74. The van der Waals surface area contributed by atoms with Crippen LogP contribution in [0.3, 0.4) is 0 Å². The normalized spacial score (nSPS) is 35.1. The fraction of sp³-hybridized carbons (Fsp3) is 0.500. The molecule has 0 radical (unpaired) electrons. The van der Waals surface area contributed by atoms with E-state index >= 15 is 0 Å². The Balaban J connectivity index is 1.96. The van der Waals surface area contributed by atoms with E-state index in [1.54, 1.807) is 6.07 Å². The maximum atomic E-state index is 10.00. The topological polar surface area (TPSA) is 29.5 Å². The number of phenols is 1. The van der Waals surface area contributed by atoms with Gasteiger partial charge in [-0.1, -0.05) is 36.8 Å². The first-order valence-corrected chi connectivity index (χ1v) is 6.74. The third kappa shape index (κ3) is 1.85. The van der Waals surface area contributed by atoms with Crippen molar-refractivity contribution in [2.45, 2.75) is 26.4 Å². The number of rotatable bonds is 1. The number of hydrogen-bond donors (Lipinski definition) is 1. The van der Waals surface area contributed by atoms with E-state index in [0.29, 0.717) is 23.5 Å². The Bertz CT molecular complexity index is 478. The number of para-hydroxylation sites is 1. The summed E-state index contributed by atoms with van der Waals surface area (Å²) in [6.45, 7) is 5.27. The summed E-state index contributed by atoms with van der Waals surface area (Å²) in [5.41, 5.74) is 2.34. The summed E-state index contributed by atoms with van der Waals surface area (Å²) >= 11 is 0. The molecule has 1 aromatic rings. The third-order valence-electron chi connectivity index (χ3n) is 4.51. The average Bonchev–Trinajstić information content (AvgIpc) is 2.37. The molecular formula is C16H20O2. The monoisotopic (exact) mass is 244 g/mol. The molecule has 2 bridgehead atoms. The van der Waals surface area contributed by atoms with Crippen LogP contribution in [0.1, 0.15) is 31.9 Å². The molecule has 1 aromatic carbocycles. The number of phenolic OH excluding ortho intramolecular Hbond substituents is 1. The predicted molar refractivity (Wildman–Crippen MR) is 71.3 cm³/mol. The molecule has 0 saturated carbocycles. The van der Waals surface area contributed by atoms with Crippen molar-refractivity contribution < 1.29 is 9.84 Å². The van der Waals surface area contributed by atoms with Crippen molar-refractivity contribution >= 4 is 0 Å². The minimum Gasteiger partial charge on any atom is -0.508 e. The quantitative estimate of drug-likeness (QED) is 0.764. The Morgan fingerprint density at radius 3 is 2.83 bits per heavy atom. The second kappa shape index (κ2) is 4.43. The minimum absolute atomic E-state index is 0.0196. The second-order valence-electron chi connectivity index (χ2n) is 5.68. The Morgan fingerprint density at radius 2 is 2.06 bits per heavy atom. The number of hydrogen-bond acceptors (Lipinski definition) is 2. The van der Waals surface area contributed by atoms with Gasteiger partial charge in [0, 0.05) is 11.5 Å². The van der Waals surface area contributed by atoms with Gasteiger partial charge in [-0.2, -0.15) is 0 Å². The summed E-state index contributed by atoms with van der Waals surface area (Å²) in [6.07, 6.45) is 3.59. The van der Waals surface area contributed by atoms with Crippen molar-refractivity contribution in [1.82, 2.24) is 0 Å². The number of aromatic hydroxyl groups is 1. The second-order valence-corrected chi connectivity index (χ2v) is 5.68. The summed E-state index contributed by atoms with van der Waals surface area (Å²) < 4.78 is 6.05. The van der Waals surface area contributed by atoms with Gasteiger partial charge in [0.1, 0.15) is 5.75 Å². The fourth-order valence-corrected chi connectivity index (χ4v) is 3.36. The van der Waals surface area contributed by atoms with Gasteiger partial charge in [0.25, 0.3) is 0 Å². The summed E-state index contributed by atoms with van der Waals surface area (Å²) in [5, 5.41) is 10.00. The lowest BCUT2D eigenvalue weighted by Gasteiger charge is -2.42. The van der Waals surface area contributed by atoms with Crippen LogP contribution in [0.4, 0.5) is 0 Å². The standard InChI is InChI=1S/C16H20O2/c1-10-7-11(2)14-8-12(10)9-18-16(14)13-5-3-4-6-15(13)17/h3-7,10,12,14,16-17H,8-9H2,1-2H3/t10-,12+,14-,16+/m1/s1. The zero-order valence-corrected chi connectivity index (χ0v) is 11.0. The van der Waals surface area contributed by atoms with Crippen LogP contribution in [0.5, 0.6) is 5.75 Å². The first-order chi connectivity index (χ1) is 8.66. The third-order valence-corrected chi connectivity index (χ3v) is 4.51. The summed E-state index contributed by atoms with van der Waals surface area (Å²) in [7, 11) is 0. The molecular weight excluding hydrogens is 224 g/mol. The Morgan fingerprint density at radius 1 is 1.28 bits per heavy atom. The van der Waals surface area contributed by atoms with Crippen LogP contribution < -0.4 is 0 Å². The van der Waals surface area contributed by atoms with Gasteiger partial charge in [-0.05, 0) is 31.2 Å². The first kappa shape index (κ1) is 11.8. The van der Waals surface area contributed by atoms with Gasteiger partial charge in [-0.25, -0.2) is 0 Å². The summed E-state index contributed by atoms with van der Waals surface area (Å²) in [4.78, 5) is 0. The predicted octanol–water partition coefficient (Wildman–Crippen LogP) is 3.68. The van der Waals surface area contributed by atoms with E-state index in [-0.39, 0.29) is 6.10 Å². The molecule has 1 fully saturated rings. The molecule has 0 spiro atoms. The molecule has 96 valence electrons. The van der Waals surface area contributed by atoms with Crippen LogP contribution in [0.15, 0.2) is 35.9 Å². The maximum absolute atomic E-state index is 10.00. The molecule has 2 nitrogen and oxygen atoms in total. The molecule has 1 aliphatic carbocycles. The van der Waals surface area contributed by atoms with Gasteiger partial charge < -0.3 is 9.84 Å². The lowest BCUT2D eigenvalue weighted by Crippen LogP contribution is -2.35. The van der Waals surface area contributed by atoms with E-state index < -0.39 is 0 Å². The number of allylic oxidation sites excluding steroid dienone is 1. The SMILES string of the molecule is CC1=C[C@@H](C)[C@@H]2CO[C@@H](c3ccccc3O)[C@@H]1C2. The zero-order valence-electron chi connectivity index (χ0n) is 11.0. The molecule has 4 atom stereocenters. The number of ether oxygens (including phenoxy) is 1. The molecule has 0 unspecified atom stereocenters. The van der Waals surface area contributed by atoms with Crippen molar-refractivity contribution in [3.63, 3.8) is 0 Å². The van der Waals surface area contributed by atoms with E-state index in [1.165, 1.54) is 12.0 Å². The van der Waals surface area contributed by atoms with Gasteiger partial charge in [0.2, 0.25) is 0 Å². The van der Waals surface area contributed by atoms with Crippen molar-refractivity contribution in [2.24, 2.45) is 17.8 Å². The van der Waals surface area contributed by atoms with Gasteiger partial charge in [0.05, 0.1) is 12.7 Å². The minimum atomic E-state index is 0.0196. The highest BCUT2D eigenvalue weighted by Crippen LogP contribution is 2.47. The van der Waals surface area contributed by atoms with Crippen LogP contribution >= 0.6 is 0 Å². The van der Waals surface area contributed by atoms with E-state index in [1.807, 2.05) is 18.2 Å². The number of benzene rings is 1. The molecule has 2 heteroatoms. The lowest BCUT2D eigenvalue weighted by atomic mass is 9.71. The van der Waals surface area contributed by atoms with E-state index in [2.05, 4.69) is 19.9 Å². The zero-order chi connectivity index (χ0) is 12.7. The van der Waals surface area contributed by atoms with Gasteiger partial charge in [-0.3, -0.25) is 0 Å². The van der Waals surface area contributed by atoms with E-state index in [9.17, 15) is 5.11 Å².